The second-order valence-corrected chi connectivity index (χ2v) is 4.29. The maximum Gasteiger partial charge on any atom is 0.300 e. The summed E-state index contributed by atoms with van der Waals surface area (Å²) < 4.78 is 5.40. The molecule has 1 rings (SSSR count). The minimum Gasteiger partial charge on any atom is -0.455 e. The van der Waals surface area contributed by atoms with Crippen molar-refractivity contribution >= 4 is 5.91 Å². The van der Waals surface area contributed by atoms with E-state index in [-0.39, 0.29) is 5.76 Å². The first-order chi connectivity index (χ1) is 8.08. The van der Waals surface area contributed by atoms with Gasteiger partial charge in [0.2, 0.25) is 0 Å². The lowest BCUT2D eigenvalue weighted by molar-refractivity contribution is 0.0921. The van der Waals surface area contributed by atoms with Gasteiger partial charge >= 0.3 is 5.91 Å². The Morgan fingerprint density at radius 2 is 2.29 bits per heavy atom. The molecule has 0 aliphatic rings. The predicted octanol–water partition coefficient (Wildman–Crippen LogP) is 1.50. The molecule has 0 aliphatic heterocycles. The lowest BCUT2D eigenvalue weighted by atomic mass is 10.2. The maximum atomic E-state index is 11.2. The summed E-state index contributed by atoms with van der Waals surface area (Å²) >= 11 is 0. The number of nitrogen functional groups attached to an aromatic ring is 1. The third-order valence-corrected chi connectivity index (χ3v) is 2.88. The summed E-state index contributed by atoms with van der Waals surface area (Å²) in [5.41, 5.74) is 2.04. The van der Waals surface area contributed by atoms with Crippen LogP contribution in [0.4, 0.5) is 0 Å². The Labute approximate surface area is 102 Å². The number of hydrogen-bond acceptors (Lipinski definition) is 4. The van der Waals surface area contributed by atoms with E-state index in [1.54, 1.807) is 12.1 Å². The van der Waals surface area contributed by atoms with Crippen LogP contribution in [0.2, 0.25) is 0 Å². The van der Waals surface area contributed by atoms with Crippen LogP contribution in [0.15, 0.2) is 16.5 Å². The number of hydrogen-bond donors (Lipinski definition) is 2. The van der Waals surface area contributed by atoms with Crippen LogP contribution in [0.3, 0.4) is 0 Å². The first-order valence-corrected chi connectivity index (χ1v) is 5.88. The molecule has 5 heteroatoms. The summed E-state index contributed by atoms with van der Waals surface area (Å²) in [6.45, 7) is 5.04. The van der Waals surface area contributed by atoms with Crippen molar-refractivity contribution in [2.45, 2.75) is 39.3 Å². The van der Waals surface area contributed by atoms with Gasteiger partial charge < -0.3 is 4.42 Å². The number of carbonyl (C=O) groups is 1. The zero-order chi connectivity index (χ0) is 12.8. The van der Waals surface area contributed by atoms with Gasteiger partial charge in [0.15, 0.2) is 5.76 Å². The number of hydrazine groups is 1. The van der Waals surface area contributed by atoms with E-state index in [0.717, 1.165) is 18.6 Å². The van der Waals surface area contributed by atoms with Gasteiger partial charge in [0.1, 0.15) is 5.76 Å². The van der Waals surface area contributed by atoms with Crippen LogP contribution in [0.1, 0.15) is 43.0 Å². The van der Waals surface area contributed by atoms with Crippen LogP contribution in [-0.2, 0) is 6.54 Å². The molecule has 1 aromatic heterocycles. The third kappa shape index (κ3) is 3.87. The van der Waals surface area contributed by atoms with Gasteiger partial charge in [-0.15, -0.1) is 0 Å². The highest BCUT2D eigenvalue weighted by Crippen LogP contribution is 2.13. The molecule has 0 saturated heterocycles. The molecule has 0 saturated carbocycles. The van der Waals surface area contributed by atoms with Crippen molar-refractivity contribution in [3.8, 4) is 0 Å². The Kier molecular flexibility index (Phi) is 5.18. The Hall–Kier alpha value is -1.33. The van der Waals surface area contributed by atoms with Crippen LogP contribution >= 0.6 is 0 Å². The summed E-state index contributed by atoms with van der Waals surface area (Å²) in [6.07, 6.45) is 2.30. The van der Waals surface area contributed by atoms with Crippen LogP contribution in [0, 0.1) is 0 Å². The van der Waals surface area contributed by atoms with Gasteiger partial charge in [-0.1, -0.05) is 13.3 Å². The quantitative estimate of drug-likeness (QED) is 0.448. The molecule has 17 heavy (non-hydrogen) atoms. The number of amides is 1. The first kappa shape index (κ1) is 13.7. The molecular weight excluding hydrogens is 218 g/mol. The number of nitrogens with zero attached hydrogens (tertiary/aromatic N) is 1. The molecule has 1 atom stereocenters. The summed E-state index contributed by atoms with van der Waals surface area (Å²) in [5, 5.41) is 0. The van der Waals surface area contributed by atoms with E-state index >= 15 is 0 Å². The number of nitrogens with two attached hydrogens (primary N) is 1. The topological polar surface area (TPSA) is 71.5 Å². The van der Waals surface area contributed by atoms with Crippen LogP contribution in [-0.4, -0.2) is 23.9 Å². The van der Waals surface area contributed by atoms with E-state index in [0.29, 0.717) is 12.6 Å². The van der Waals surface area contributed by atoms with Crippen molar-refractivity contribution in [2.24, 2.45) is 5.84 Å². The molecule has 0 radical (unpaired) electrons. The third-order valence-electron chi connectivity index (χ3n) is 2.88. The Morgan fingerprint density at radius 1 is 1.59 bits per heavy atom. The molecule has 1 unspecified atom stereocenters. The predicted molar refractivity (Wildman–Crippen MR) is 66.2 cm³/mol. The van der Waals surface area contributed by atoms with E-state index in [4.69, 9.17) is 10.3 Å². The van der Waals surface area contributed by atoms with Crippen molar-refractivity contribution < 1.29 is 9.21 Å². The van der Waals surface area contributed by atoms with Crippen LogP contribution < -0.4 is 11.3 Å². The molecule has 1 aromatic rings. The summed E-state index contributed by atoms with van der Waals surface area (Å²) in [5.74, 6) is 5.65. The number of furan rings is 1. The Balaban J connectivity index is 2.57. The first-order valence-electron chi connectivity index (χ1n) is 5.88. The normalized spacial score (nSPS) is 12.8. The molecule has 0 fully saturated rings. The molecule has 96 valence electrons. The summed E-state index contributed by atoms with van der Waals surface area (Å²) in [4.78, 5) is 13.4. The van der Waals surface area contributed by atoms with Crippen molar-refractivity contribution in [1.29, 1.82) is 0 Å². The Bertz CT molecular complexity index is 362. The zero-order valence-corrected chi connectivity index (χ0v) is 10.7. The van der Waals surface area contributed by atoms with E-state index in [9.17, 15) is 4.79 Å². The molecule has 0 bridgehead atoms. The average molecular weight is 239 g/mol. The minimum atomic E-state index is -0.402. The SMILES string of the molecule is CCCC(C)N(C)Cc1ccc(C(=O)NN)o1. The molecule has 3 N–H and O–H groups in total. The minimum absolute atomic E-state index is 0.249. The smallest absolute Gasteiger partial charge is 0.300 e. The summed E-state index contributed by atoms with van der Waals surface area (Å²) in [6, 6.07) is 3.94. The number of nitrogens with one attached hydrogen (secondary N) is 1. The molecular formula is C12H21N3O2. The average Bonchev–Trinajstić information content (AvgIpc) is 2.76. The van der Waals surface area contributed by atoms with Crippen molar-refractivity contribution in [3.05, 3.63) is 23.7 Å². The lowest BCUT2D eigenvalue weighted by Gasteiger charge is -2.23. The molecule has 0 aromatic carbocycles. The standard InChI is InChI=1S/C12H21N3O2/c1-4-5-9(2)15(3)8-10-6-7-11(17-10)12(16)14-13/h6-7,9H,4-5,8,13H2,1-3H3,(H,14,16). The van der Waals surface area contributed by atoms with E-state index in [1.165, 1.54) is 0 Å². The molecule has 0 aliphatic carbocycles. The second-order valence-electron chi connectivity index (χ2n) is 4.29. The van der Waals surface area contributed by atoms with E-state index in [1.807, 2.05) is 12.5 Å². The summed E-state index contributed by atoms with van der Waals surface area (Å²) in [7, 11) is 2.05. The lowest BCUT2D eigenvalue weighted by Crippen LogP contribution is -2.29. The number of rotatable bonds is 6. The van der Waals surface area contributed by atoms with Crippen molar-refractivity contribution in [1.82, 2.24) is 10.3 Å². The largest absolute Gasteiger partial charge is 0.455 e. The van der Waals surface area contributed by atoms with Gasteiger partial charge in [-0.2, -0.15) is 0 Å². The molecule has 0 spiro atoms. The van der Waals surface area contributed by atoms with E-state index in [2.05, 4.69) is 18.7 Å². The van der Waals surface area contributed by atoms with E-state index < -0.39 is 5.91 Å². The molecule has 1 heterocycles. The molecule has 1 amide bonds. The highest BCUT2D eigenvalue weighted by Gasteiger charge is 2.13. The fraction of sp³-hybridized carbons (Fsp3) is 0.583. The van der Waals surface area contributed by atoms with Gasteiger partial charge in [-0.25, -0.2) is 5.84 Å². The van der Waals surface area contributed by atoms with Gasteiger partial charge in [0.25, 0.3) is 0 Å². The monoisotopic (exact) mass is 239 g/mol. The van der Waals surface area contributed by atoms with Crippen LogP contribution in [0.25, 0.3) is 0 Å². The fourth-order valence-electron chi connectivity index (χ4n) is 1.70. The van der Waals surface area contributed by atoms with Gasteiger partial charge in [-0.3, -0.25) is 15.1 Å². The Morgan fingerprint density at radius 3 is 2.88 bits per heavy atom. The zero-order valence-electron chi connectivity index (χ0n) is 10.7. The van der Waals surface area contributed by atoms with Crippen molar-refractivity contribution in [2.75, 3.05) is 7.05 Å². The highest BCUT2D eigenvalue weighted by atomic mass is 16.4. The van der Waals surface area contributed by atoms with Crippen LogP contribution in [0.5, 0.6) is 0 Å². The van der Waals surface area contributed by atoms with Gasteiger partial charge in [0.05, 0.1) is 6.54 Å². The molecule has 5 nitrogen and oxygen atoms in total. The van der Waals surface area contributed by atoms with Crippen molar-refractivity contribution in [3.63, 3.8) is 0 Å². The number of carbonyl (C=O) groups excluding carboxylic acids is 1. The highest BCUT2D eigenvalue weighted by molar-refractivity contribution is 5.90. The van der Waals surface area contributed by atoms with Gasteiger partial charge in [-0.05, 0) is 32.5 Å². The maximum absolute atomic E-state index is 11.2. The second kappa shape index (κ2) is 6.42. The van der Waals surface area contributed by atoms with Gasteiger partial charge in [0, 0.05) is 6.04 Å². The fourth-order valence-corrected chi connectivity index (χ4v) is 1.70.